The Balaban J connectivity index is 2.24. The molecular weight excluding hydrogens is 294 g/mol. The first-order chi connectivity index (χ1) is 9.89. The van der Waals surface area contributed by atoms with Crippen molar-refractivity contribution in [2.75, 3.05) is 26.7 Å². The van der Waals surface area contributed by atoms with E-state index in [9.17, 15) is 13.2 Å². The van der Waals surface area contributed by atoms with Gasteiger partial charge in [-0.25, -0.2) is 13.1 Å². The van der Waals surface area contributed by atoms with Gasteiger partial charge in [0.2, 0.25) is 10.0 Å². The van der Waals surface area contributed by atoms with E-state index in [1.165, 1.54) is 19.3 Å². The van der Waals surface area contributed by atoms with Gasteiger partial charge in [-0.05, 0) is 19.5 Å². The summed E-state index contributed by atoms with van der Waals surface area (Å²) in [6.45, 7) is 3.58. The summed E-state index contributed by atoms with van der Waals surface area (Å²) < 4.78 is 32.9. The lowest BCUT2D eigenvalue weighted by Gasteiger charge is -2.32. The SMILES string of the molecule is CC[C@H]1CN(C(=O)c2cc(S(=O)(=O)NC)cn2C)CCO1. The minimum absolute atomic E-state index is 0.0449. The van der Waals surface area contributed by atoms with Gasteiger partial charge in [0.1, 0.15) is 10.6 Å². The molecule has 8 heteroatoms. The lowest BCUT2D eigenvalue weighted by Crippen LogP contribution is -2.45. The molecule has 0 bridgehead atoms. The number of sulfonamides is 1. The van der Waals surface area contributed by atoms with Crippen LogP contribution in [0.4, 0.5) is 0 Å². The van der Waals surface area contributed by atoms with Gasteiger partial charge >= 0.3 is 0 Å². The highest BCUT2D eigenvalue weighted by molar-refractivity contribution is 7.89. The number of aromatic nitrogens is 1. The number of hydrogen-bond acceptors (Lipinski definition) is 4. The van der Waals surface area contributed by atoms with Crippen LogP contribution < -0.4 is 4.72 Å². The second-order valence-electron chi connectivity index (χ2n) is 5.03. The maximum absolute atomic E-state index is 12.5. The van der Waals surface area contributed by atoms with E-state index < -0.39 is 10.0 Å². The van der Waals surface area contributed by atoms with Crippen LogP contribution in [0.25, 0.3) is 0 Å². The molecule has 0 spiro atoms. The highest BCUT2D eigenvalue weighted by Crippen LogP contribution is 2.17. The number of carbonyl (C=O) groups is 1. The highest BCUT2D eigenvalue weighted by Gasteiger charge is 2.27. The number of ether oxygens (including phenoxy) is 1. The molecule has 1 aromatic heterocycles. The van der Waals surface area contributed by atoms with Crippen LogP contribution in [-0.4, -0.2) is 56.6 Å². The predicted octanol–water partition coefficient (Wildman–Crippen LogP) is 0.184. The Morgan fingerprint density at radius 2 is 2.24 bits per heavy atom. The first-order valence-corrected chi connectivity index (χ1v) is 8.38. The third kappa shape index (κ3) is 3.28. The van der Waals surface area contributed by atoms with Crippen molar-refractivity contribution in [1.29, 1.82) is 0 Å². The summed E-state index contributed by atoms with van der Waals surface area (Å²) >= 11 is 0. The molecule has 1 saturated heterocycles. The number of nitrogens with zero attached hydrogens (tertiary/aromatic N) is 2. The van der Waals surface area contributed by atoms with Crippen LogP contribution in [0.3, 0.4) is 0 Å². The highest BCUT2D eigenvalue weighted by atomic mass is 32.2. The van der Waals surface area contributed by atoms with Gasteiger partial charge in [0.05, 0.1) is 12.7 Å². The molecular formula is C13H21N3O4S. The van der Waals surface area contributed by atoms with Gasteiger partial charge in [-0.15, -0.1) is 0 Å². The number of amides is 1. The Morgan fingerprint density at radius 1 is 1.52 bits per heavy atom. The molecule has 1 amide bonds. The summed E-state index contributed by atoms with van der Waals surface area (Å²) in [5.41, 5.74) is 0.362. The lowest BCUT2D eigenvalue weighted by molar-refractivity contribution is -0.0229. The van der Waals surface area contributed by atoms with E-state index >= 15 is 0 Å². The van der Waals surface area contributed by atoms with Crippen LogP contribution in [0.5, 0.6) is 0 Å². The Bertz CT molecular complexity index is 623. The molecule has 2 heterocycles. The molecule has 0 unspecified atom stereocenters. The number of carbonyl (C=O) groups excluding carboxylic acids is 1. The minimum atomic E-state index is -3.55. The monoisotopic (exact) mass is 315 g/mol. The molecule has 0 aliphatic carbocycles. The summed E-state index contributed by atoms with van der Waals surface area (Å²) in [5.74, 6) is -0.170. The van der Waals surface area contributed by atoms with Crippen LogP contribution in [0.15, 0.2) is 17.2 Å². The van der Waals surface area contributed by atoms with Gasteiger partial charge in [-0.2, -0.15) is 0 Å². The summed E-state index contributed by atoms with van der Waals surface area (Å²) in [6, 6.07) is 1.41. The van der Waals surface area contributed by atoms with Crippen LogP contribution in [0.1, 0.15) is 23.8 Å². The topological polar surface area (TPSA) is 80.6 Å². The van der Waals surface area contributed by atoms with Crippen LogP contribution in [-0.2, 0) is 21.8 Å². The van der Waals surface area contributed by atoms with Gasteiger partial charge < -0.3 is 14.2 Å². The number of nitrogens with one attached hydrogen (secondary N) is 1. The second-order valence-corrected chi connectivity index (χ2v) is 6.92. The summed E-state index contributed by atoms with van der Waals surface area (Å²) in [4.78, 5) is 14.3. The zero-order valence-electron chi connectivity index (χ0n) is 12.5. The van der Waals surface area contributed by atoms with Gasteiger partial charge in [0, 0.05) is 26.3 Å². The Morgan fingerprint density at radius 3 is 2.86 bits per heavy atom. The number of rotatable bonds is 4. The summed E-state index contributed by atoms with van der Waals surface area (Å²) in [6.07, 6.45) is 2.33. The van der Waals surface area contributed by atoms with Crippen molar-refractivity contribution >= 4 is 15.9 Å². The normalized spacial score (nSPS) is 19.8. The van der Waals surface area contributed by atoms with E-state index in [4.69, 9.17) is 4.74 Å². The maximum Gasteiger partial charge on any atom is 0.270 e. The molecule has 1 aromatic rings. The second kappa shape index (κ2) is 6.17. The summed E-state index contributed by atoms with van der Waals surface area (Å²) in [7, 11) is -0.535. The fraction of sp³-hybridized carbons (Fsp3) is 0.615. The number of aryl methyl sites for hydroxylation is 1. The van der Waals surface area contributed by atoms with Gasteiger partial charge in [0.25, 0.3) is 5.91 Å². The molecule has 0 saturated carbocycles. The Labute approximate surface area is 124 Å². The fourth-order valence-electron chi connectivity index (χ4n) is 2.32. The standard InChI is InChI=1S/C13H21N3O4S/c1-4-10-8-16(5-6-20-10)13(17)12-7-11(9-15(12)3)21(18,19)14-2/h7,9-10,14H,4-6,8H2,1-3H3/t10-/m0/s1. The molecule has 0 radical (unpaired) electrons. The van der Waals surface area contributed by atoms with Gasteiger partial charge in [0.15, 0.2) is 0 Å². The molecule has 1 aliphatic rings. The van der Waals surface area contributed by atoms with Crippen LogP contribution >= 0.6 is 0 Å². The molecule has 1 N–H and O–H groups in total. The first-order valence-electron chi connectivity index (χ1n) is 6.89. The average molecular weight is 315 g/mol. The largest absolute Gasteiger partial charge is 0.375 e. The number of hydrogen-bond donors (Lipinski definition) is 1. The van der Waals surface area contributed by atoms with Crippen molar-refractivity contribution in [2.45, 2.75) is 24.3 Å². The van der Waals surface area contributed by atoms with Crippen molar-refractivity contribution in [3.05, 3.63) is 18.0 Å². The maximum atomic E-state index is 12.5. The molecule has 1 atom stereocenters. The van der Waals surface area contributed by atoms with E-state index in [0.29, 0.717) is 25.4 Å². The van der Waals surface area contributed by atoms with Crippen molar-refractivity contribution in [1.82, 2.24) is 14.2 Å². The molecule has 118 valence electrons. The Hall–Kier alpha value is -1.38. The van der Waals surface area contributed by atoms with E-state index in [-0.39, 0.29) is 16.9 Å². The smallest absolute Gasteiger partial charge is 0.270 e. The summed E-state index contributed by atoms with van der Waals surface area (Å²) in [5, 5.41) is 0. The molecule has 1 aliphatic heterocycles. The van der Waals surface area contributed by atoms with Crippen molar-refractivity contribution in [3.8, 4) is 0 Å². The first kappa shape index (κ1) is 16.0. The zero-order valence-corrected chi connectivity index (χ0v) is 13.3. The molecule has 7 nitrogen and oxygen atoms in total. The fourth-order valence-corrected chi connectivity index (χ4v) is 3.12. The third-order valence-electron chi connectivity index (χ3n) is 3.66. The quantitative estimate of drug-likeness (QED) is 0.860. The van der Waals surface area contributed by atoms with Crippen molar-refractivity contribution in [3.63, 3.8) is 0 Å². The van der Waals surface area contributed by atoms with E-state index in [2.05, 4.69) is 4.72 Å². The molecule has 0 aromatic carbocycles. The average Bonchev–Trinajstić information content (AvgIpc) is 2.89. The molecule has 1 fully saturated rings. The molecule has 2 rings (SSSR count). The van der Waals surface area contributed by atoms with Crippen LogP contribution in [0.2, 0.25) is 0 Å². The van der Waals surface area contributed by atoms with Gasteiger partial charge in [-0.1, -0.05) is 6.92 Å². The van der Waals surface area contributed by atoms with E-state index in [0.717, 1.165) is 6.42 Å². The minimum Gasteiger partial charge on any atom is -0.375 e. The Kier molecular flexibility index (Phi) is 4.70. The van der Waals surface area contributed by atoms with Gasteiger partial charge in [-0.3, -0.25) is 4.79 Å². The van der Waals surface area contributed by atoms with Crippen molar-refractivity contribution in [2.24, 2.45) is 7.05 Å². The van der Waals surface area contributed by atoms with E-state index in [1.54, 1.807) is 16.5 Å². The lowest BCUT2D eigenvalue weighted by atomic mass is 10.2. The van der Waals surface area contributed by atoms with Crippen molar-refractivity contribution < 1.29 is 17.9 Å². The predicted molar refractivity (Wildman–Crippen MR) is 77.6 cm³/mol. The van der Waals surface area contributed by atoms with Crippen LogP contribution in [0, 0.1) is 0 Å². The number of morpholine rings is 1. The zero-order chi connectivity index (χ0) is 15.6. The molecule has 21 heavy (non-hydrogen) atoms. The third-order valence-corrected chi connectivity index (χ3v) is 5.04. The van der Waals surface area contributed by atoms with E-state index in [1.807, 2.05) is 6.92 Å².